The molecule has 1 heterocycles. The maximum absolute atomic E-state index is 12.2. The van der Waals surface area contributed by atoms with Gasteiger partial charge in [-0.1, -0.05) is 0 Å². The molecule has 1 N–H and O–H groups in total. The van der Waals surface area contributed by atoms with Crippen molar-refractivity contribution in [3.05, 3.63) is 29.8 Å². The second-order valence-corrected chi connectivity index (χ2v) is 8.63. The van der Waals surface area contributed by atoms with Gasteiger partial charge in [-0.2, -0.15) is 0 Å². The van der Waals surface area contributed by atoms with E-state index in [0.29, 0.717) is 24.6 Å². The van der Waals surface area contributed by atoms with Gasteiger partial charge in [0.2, 0.25) is 0 Å². The molecule has 2 rings (SSSR count). The Balaban J connectivity index is 1.93. The molecule has 1 aromatic rings. The molecule has 1 aliphatic rings. The molecule has 1 aliphatic heterocycles. The normalized spacial score (nSPS) is 19.7. The number of anilines is 1. The summed E-state index contributed by atoms with van der Waals surface area (Å²) < 4.78 is 22.8. The van der Waals surface area contributed by atoms with Crippen LogP contribution in [0.15, 0.2) is 24.3 Å². The van der Waals surface area contributed by atoms with E-state index in [1.165, 1.54) is 0 Å². The van der Waals surface area contributed by atoms with Crippen LogP contribution in [0.3, 0.4) is 0 Å². The standard InChI is InChI=1S/C17H26N2O3S/c1-4-19(13(2)3)16-7-5-15(6-8-16)17(20)18-11-14-9-10-23(21,22)12-14/h5-8,13-14H,4,9-12H2,1-3H3,(H,18,20)/t14-/m1/s1. The van der Waals surface area contributed by atoms with Gasteiger partial charge in [0.05, 0.1) is 11.5 Å². The first-order valence-corrected chi connectivity index (χ1v) is 10.00. The third-order valence-corrected chi connectivity index (χ3v) is 6.14. The van der Waals surface area contributed by atoms with Crippen molar-refractivity contribution in [3.8, 4) is 0 Å². The molecule has 5 nitrogen and oxygen atoms in total. The van der Waals surface area contributed by atoms with Crippen LogP contribution in [0.4, 0.5) is 5.69 Å². The summed E-state index contributed by atoms with van der Waals surface area (Å²) in [5, 5.41) is 2.85. The third kappa shape index (κ3) is 4.70. The van der Waals surface area contributed by atoms with Gasteiger partial charge in [0.25, 0.3) is 5.91 Å². The number of hydrogen-bond acceptors (Lipinski definition) is 4. The van der Waals surface area contributed by atoms with Gasteiger partial charge in [-0.15, -0.1) is 0 Å². The molecule has 1 saturated heterocycles. The summed E-state index contributed by atoms with van der Waals surface area (Å²) in [5.41, 5.74) is 1.70. The summed E-state index contributed by atoms with van der Waals surface area (Å²) in [5.74, 6) is 0.323. The molecule has 0 saturated carbocycles. The molecule has 6 heteroatoms. The van der Waals surface area contributed by atoms with Crippen molar-refractivity contribution in [1.82, 2.24) is 5.32 Å². The fourth-order valence-corrected chi connectivity index (χ4v) is 4.88. The number of hydrogen-bond donors (Lipinski definition) is 1. The first kappa shape index (κ1) is 17.8. The van der Waals surface area contributed by atoms with E-state index in [9.17, 15) is 13.2 Å². The fourth-order valence-electron chi connectivity index (χ4n) is 3.02. The van der Waals surface area contributed by atoms with Crippen LogP contribution < -0.4 is 10.2 Å². The lowest BCUT2D eigenvalue weighted by Gasteiger charge is -2.27. The quantitative estimate of drug-likeness (QED) is 0.862. The summed E-state index contributed by atoms with van der Waals surface area (Å²) >= 11 is 0. The lowest BCUT2D eigenvalue weighted by Crippen LogP contribution is -2.31. The predicted octanol–water partition coefficient (Wildman–Crippen LogP) is 2.09. The predicted molar refractivity (Wildman–Crippen MR) is 93.7 cm³/mol. The molecule has 1 atom stereocenters. The zero-order valence-corrected chi connectivity index (χ0v) is 14.9. The second kappa shape index (κ2) is 7.34. The average Bonchev–Trinajstić information content (AvgIpc) is 2.85. The van der Waals surface area contributed by atoms with Crippen molar-refractivity contribution in [2.24, 2.45) is 5.92 Å². The number of carbonyl (C=O) groups excluding carboxylic acids is 1. The lowest BCUT2D eigenvalue weighted by molar-refractivity contribution is 0.0948. The molecule has 0 bridgehead atoms. The molecule has 0 spiro atoms. The summed E-state index contributed by atoms with van der Waals surface area (Å²) in [6.07, 6.45) is 0.640. The van der Waals surface area contributed by atoms with Gasteiger partial charge in [0, 0.05) is 30.4 Å². The Kier molecular flexibility index (Phi) is 5.68. The van der Waals surface area contributed by atoms with Gasteiger partial charge >= 0.3 is 0 Å². The topological polar surface area (TPSA) is 66.5 Å². The van der Waals surface area contributed by atoms with E-state index in [2.05, 4.69) is 31.0 Å². The Morgan fingerprint density at radius 3 is 2.43 bits per heavy atom. The highest BCUT2D eigenvalue weighted by Crippen LogP contribution is 2.19. The van der Waals surface area contributed by atoms with E-state index >= 15 is 0 Å². The average molecular weight is 338 g/mol. The van der Waals surface area contributed by atoms with Crippen LogP contribution in [0.2, 0.25) is 0 Å². The van der Waals surface area contributed by atoms with Crippen molar-refractivity contribution < 1.29 is 13.2 Å². The lowest BCUT2D eigenvalue weighted by atomic mass is 10.1. The Morgan fingerprint density at radius 2 is 1.96 bits per heavy atom. The van der Waals surface area contributed by atoms with Crippen LogP contribution in [0.1, 0.15) is 37.6 Å². The van der Waals surface area contributed by atoms with Gasteiger partial charge in [-0.05, 0) is 57.4 Å². The molecule has 1 aromatic carbocycles. The van der Waals surface area contributed by atoms with Crippen LogP contribution in [-0.4, -0.2) is 45.0 Å². The summed E-state index contributed by atoms with van der Waals surface area (Å²) in [7, 11) is -2.89. The number of sulfone groups is 1. The molecule has 23 heavy (non-hydrogen) atoms. The molecule has 1 amide bonds. The van der Waals surface area contributed by atoms with E-state index in [1.807, 2.05) is 24.3 Å². The molecular weight excluding hydrogens is 312 g/mol. The largest absolute Gasteiger partial charge is 0.369 e. The molecular formula is C17H26N2O3S. The van der Waals surface area contributed by atoms with Crippen molar-refractivity contribution >= 4 is 21.4 Å². The first-order chi connectivity index (χ1) is 10.8. The number of amides is 1. The zero-order chi connectivity index (χ0) is 17.0. The summed E-state index contributed by atoms with van der Waals surface area (Å²) in [6, 6.07) is 7.96. The molecule has 0 unspecified atom stereocenters. The number of benzene rings is 1. The highest BCUT2D eigenvalue weighted by molar-refractivity contribution is 7.91. The number of rotatable bonds is 6. The van der Waals surface area contributed by atoms with Gasteiger partial charge in [-0.25, -0.2) is 8.42 Å². The first-order valence-electron chi connectivity index (χ1n) is 8.17. The Hall–Kier alpha value is -1.56. The number of nitrogens with zero attached hydrogens (tertiary/aromatic N) is 1. The number of nitrogens with one attached hydrogen (secondary N) is 1. The molecule has 0 radical (unpaired) electrons. The van der Waals surface area contributed by atoms with Crippen LogP contribution in [-0.2, 0) is 9.84 Å². The zero-order valence-electron chi connectivity index (χ0n) is 14.1. The smallest absolute Gasteiger partial charge is 0.251 e. The SMILES string of the molecule is CCN(c1ccc(C(=O)NC[C@H]2CCS(=O)(=O)C2)cc1)C(C)C. The monoisotopic (exact) mass is 338 g/mol. The van der Waals surface area contributed by atoms with Crippen LogP contribution in [0.5, 0.6) is 0 Å². The minimum Gasteiger partial charge on any atom is -0.369 e. The molecule has 0 aromatic heterocycles. The molecule has 1 fully saturated rings. The van der Waals surface area contributed by atoms with Crippen molar-refractivity contribution in [3.63, 3.8) is 0 Å². The van der Waals surface area contributed by atoms with Gasteiger partial charge in [0.1, 0.15) is 0 Å². The summed E-state index contributed by atoms with van der Waals surface area (Å²) in [6.45, 7) is 7.72. The van der Waals surface area contributed by atoms with Crippen LogP contribution >= 0.6 is 0 Å². The van der Waals surface area contributed by atoms with Gasteiger partial charge in [0.15, 0.2) is 9.84 Å². The van der Waals surface area contributed by atoms with Crippen molar-refractivity contribution in [2.75, 3.05) is 29.5 Å². The third-order valence-electron chi connectivity index (χ3n) is 4.30. The van der Waals surface area contributed by atoms with E-state index < -0.39 is 9.84 Å². The fraction of sp³-hybridized carbons (Fsp3) is 0.588. The van der Waals surface area contributed by atoms with Crippen LogP contribution in [0.25, 0.3) is 0 Å². The van der Waals surface area contributed by atoms with Gasteiger partial charge < -0.3 is 10.2 Å². The Labute approximate surface area is 139 Å². The van der Waals surface area contributed by atoms with E-state index in [-0.39, 0.29) is 23.3 Å². The maximum Gasteiger partial charge on any atom is 0.251 e. The maximum atomic E-state index is 12.2. The highest BCUT2D eigenvalue weighted by atomic mass is 32.2. The molecule has 0 aliphatic carbocycles. The second-order valence-electron chi connectivity index (χ2n) is 6.41. The Bertz CT molecular complexity index is 638. The van der Waals surface area contributed by atoms with E-state index in [4.69, 9.17) is 0 Å². The van der Waals surface area contributed by atoms with Gasteiger partial charge in [-0.3, -0.25) is 4.79 Å². The minimum atomic E-state index is -2.89. The minimum absolute atomic E-state index is 0.0414. The molecule has 128 valence electrons. The van der Waals surface area contributed by atoms with E-state index in [0.717, 1.165) is 12.2 Å². The summed E-state index contributed by atoms with van der Waals surface area (Å²) in [4.78, 5) is 14.4. The van der Waals surface area contributed by atoms with Crippen LogP contribution in [0, 0.1) is 5.92 Å². The Morgan fingerprint density at radius 1 is 1.30 bits per heavy atom. The van der Waals surface area contributed by atoms with Crippen molar-refractivity contribution in [1.29, 1.82) is 0 Å². The van der Waals surface area contributed by atoms with E-state index in [1.54, 1.807) is 0 Å². The number of carbonyl (C=O) groups is 1. The van der Waals surface area contributed by atoms with Crippen molar-refractivity contribution in [2.45, 2.75) is 33.2 Å². The highest BCUT2D eigenvalue weighted by Gasteiger charge is 2.27.